The summed E-state index contributed by atoms with van der Waals surface area (Å²) in [6.45, 7) is 1.98. The molecule has 0 radical (unpaired) electrons. The van der Waals surface area contributed by atoms with Crippen LogP contribution >= 0.6 is 0 Å². The topological polar surface area (TPSA) is 55.5 Å². The third kappa shape index (κ3) is 1.47. The molecule has 1 saturated carbocycles. The van der Waals surface area contributed by atoms with Gasteiger partial charge in [0.25, 0.3) is 0 Å². The van der Waals surface area contributed by atoms with Gasteiger partial charge in [-0.1, -0.05) is 19.3 Å². The average molecular weight is 199 g/mol. The first-order valence-corrected chi connectivity index (χ1v) is 5.73. The van der Waals surface area contributed by atoms with E-state index in [2.05, 4.69) is 0 Å². The van der Waals surface area contributed by atoms with Crippen molar-refractivity contribution in [2.45, 2.75) is 44.1 Å². The molecule has 3 heteroatoms. The number of rotatable bonds is 2. The van der Waals surface area contributed by atoms with Crippen LogP contribution in [0.2, 0.25) is 0 Å². The van der Waals surface area contributed by atoms with Crippen LogP contribution in [-0.2, 0) is 4.74 Å². The molecular weight excluding hydrogens is 178 g/mol. The van der Waals surface area contributed by atoms with E-state index in [0.717, 1.165) is 38.7 Å². The third-order valence-corrected chi connectivity index (χ3v) is 4.16. The van der Waals surface area contributed by atoms with Gasteiger partial charge in [-0.15, -0.1) is 0 Å². The van der Waals surface area contributed by atoms with Crippen molar-refractivity contribution in [2.24, 2.45) is 11.1 Å². The summed E-state index contributed by atoms with van der Waals surface area (Å²) in [5.74, 6) is 0. The first kappa shape index (κ1) is 10.4. The summed E-state index contributed by atoms with van der Waals surface area (Å²) >= 11 is 0. The molecule has 2 aliphatic rings. The second kappa shape index (κ2) is 3.80. The maximum atomic E-state index is 10.7. The molecule has 1 aliphatic carbocycles. The van der Waals surface area contributed by atoms with Crippen LogP contribution in [0.25, 0.3) is 0 Å². The Morgan fingerprint density at radius 3 is 2.36 bits per heavy atom. The zero-order valence-corrected chi connectivity index (χ0v) is 8.80. The van der Waals surface area contributed by atoms with Gasteiger partial charge in [0.15, 0.2) is 0 Å². The minimum Gasteiger partial charge on any atom is -0.389 e. The smallest absolute Gasteiger partial charge is 0.0738 e. The van der Waals surface area contributed by atoms with Crippen LogP contribution in [0.4, 0.5) is 0 Å². The highest BCUT2D eigenvalue weighted by molar-refractivity contribution is 5.02. The zero-order chi connectivity index (χ0) is 10.1. The molecule has 82 valence electrons. The molecule has 3 N–H and O–H groups in total. The van der Waals surface area contributed by atoms with Crippen LogP contribution in [-0.4, -0.2) is 30.5 Å². The highest BCUT2D eigenvalue weighted by atomic mass is 16.5. The summed E-state index contributed by atoms with van der Waals surface area (Å²) in [6.07, 6.45) is 6.28. The Balaban J connectivity index is 2.15. The van der Waals surface area contributed by atoms with Crippen LogP contribution in [0.3, 0.4) is 0 Å². The highest BCUT2D eigenvalue weighted by Gasteiger charge is 2.51. The Morgan fingerprint density at radius 1 is 1.14 bits per heavy atom. The van der Waals surface area contributed by atoms with Crippen molar-refractivity contribution in [3.63, 3.8) is 0 Å². The van der Waals surface area contributed by atoms with E-state index in [1.165, 1.54) is 6.42 Å². The van der Waals surface area contributed by atoms with Gasteiger partial charge in [-0.05, 0) is 19.3 Å². The van der Waals surface area contributed by atoms with E-state index in [1.54, 1.807) is 0 Å². The van der Waals surface area contributed by atoms with Crippen molar-refractivity contribution < 1.29 is 9.84 Å². The van der Waals surface area contributed by atoms with Gasteiger partial charge >= 0.3 is 0 Å². The van der Waals surface area contributed by atoms with Gasteiger partial charge in [0.05, 0.1) is 12.2 Å². The molecule has 0 aromatic rings. The third-order valence-electron chi connectivity index (χ3n) is 4.16. The monoisotopic (exact) mass is 199 g/mol. The van der Waals surface area contributed by atoms with E-state index in [-0.39, 0.29) is 5.41 Å². The van der Waals surface area contributed by atoms with Crippen LogP contribution in [0, 0.1) is 5.41 Å². The molecule has 1 atom stereocenters. The van der Waals surface area contributed by atoms with Crippen LogP contribution < -0.4 is 5.73 Å². The normalized spacial score (nSPS) is 37.3. The van der Waals surface area contributed by atoms with Gasteiger partial charge in [0.2, 0.25) is 0 Å². The van der Waals surface area contributed by atoms with Gasteiger partial charge in [-0.3, -0.25) is 0 Å². The predicted molar refractivity (Wildman–Crippen MR) is 55.0 cm³/mol. The molecule has 2 rings (SSSR count). The summed E-state index contributed by atoms with van der Waals surface area (Å²) in [7, 11) is 0. The lowest BCUT2D eigenvalue weighted by atomic mass is 9.64. The number of aliphatic hydroxyl groups is 1. The summed E-state index contributed by atoms with van der Waals surface area (Å²) < 4.78 is 5.43. The Hall–Kier alpha value is -0.120. The Bertz CT molecular complexity index is 193. The lowest BCUT2D eigenvalue weighted by molar-refractivity contribution is -0.106. The fourth-order valence-corrected chi connectivity index (χ4v) is 2.99. The second-order valence-electron chi connectivity index (χ2n) is 4.88. The predicted octanol–water partition coefficient (Wildman–Crippen LogP) is 1.05. The molecule has 0 bridgehead atoms. The van der Waals surface area contributed by atoms with Crippen molar-refractivity contribution in [1.82, 2.24) is 0 Å². The summed E-state index contributed by atoms with van der Waals surface area (Å²) in [5, 5.41) is 10.7. The minimum absolute atomic E-state index is 0.145. The molecule has 2 fully saturated rings. The van der Waals surface area contributed by atoms with Gasteiger partial charge < -0.3 is 15.6 Å². The molecule has 1 saturated heterocycles. The lowest BCUT2D eigenvalue weighted by Gasteiger charge is -2.46. The first-order valence-electron chi connectivity index (χ1n) is 5.73. The zero-order valence-electron chi connectivity index (χ0n) is 8.80. The number of hydrogen-bond donors (Lipinski definition) is 2. The van der Waals surface area contributed by atoms with Gasteiger partial charge in [-0.2, -0.15) is 0 Å². The van der Waals surface area contributed by atoms with E-state index in [4.69, 9.17) is 10.5 Å². The first-order chi connectivity index (χ1) is 6.72. The summed E-state index contributed by atoms with van der Waals surface area (Å²) in [5.41, 5.74) is 5.15. The molecule has 0 spiro atoms. The van der Waals surface area contributed by atoms with Crippen molar-refractivity contribution >= 4 is 0 Å². The van der Waals surface area contributed by atoms with Crippen LogP contribution in [0.1, 0.15) is 38.5 Å². The maximum absolute atomic E-state index is 10.7. The fourth-order valence-electron chi connectivity index (χ4n) is 2.99. The van der Waals surface area contributed by atoms with Crippen LogP contribution in [0.5, 0.6) is 0 Å². The molecule has 0 aromatic carbocycles. The Labute approximate surface area is 85.6 Å². The second-order valence-corrected chi connectivity index (χ2v) is 4.88. The van der Waals surface area contributed by atoms with Gasteiger partial charge in [0, 0.05) is 18.6 Å². The van der Waals surface area contributed by atoms with Crippen LogP contribution in [0.15, 0.2) is 0 Å². The molecule has 3 nitrogen and oxygen atoms in total. The number of nitrogens with two attached hydrogens (primary N) is 1. The molecule has 0 amide bonds. The van der Waals surface area contributed by atoms with Gasteiger partial charge in [0.1, 0.15) is 0 Å². The lowest BCUT2D eigenvalue weighted by Crippen LogP contribution is -2.54. The number of hydrogen-bond acceptors (Lipinski definition) is 3. The Morgan fingerprint density at radius 2 is 1.86 bits per heavy atom. The standard InChI is InChI=1S/C11H21NO2/c12-8-10(6-7-14-9-10)11(13)4-2-1-3-5-11/h13H,1-9,12H2. The quantitative estimate of drug-likeness (QED) is 0.699. The average Bonchev–Trinajstić information content (AvgIpc) is 2.68. The van der Waals surface area contributed by atoms with Crippen molar-refractivity contribution in [3.05, 3.63) is 0 Å². The molecule has 0 aromatic heterocycles. The molecule has 1 heterocycles. The van der Waals surface area contributed by atoms with E-state index >= 15 is 0 Å². The van der Waals surface area contributed by atoms with Crippen molar-refractivity contribution in [1.29, 1.82) is 0 Å². The van der Waals surface area contributed by atoms with E-state index in [0.29, 0.717) is 13.2 Å². The summed E-state index contributed by atoms with van der Waals surface area (Å²) in [4.78, 5) is 0. The SMILES string of the molecule is NCC1(C2(O)CCCCC2)CCOC1. The molecule has 1 unspecified atom stereocenters. The molecule has 1 aliphatic heterocycles. The van der Waals surface area contributed by atoms with Crippen molar-refractivity contribution in [2.75, 3.05) is 19.8 Å². The highest BCUT2D eigenvalue weighted by Crippen LogP contribution is 2.46. The maximum Gasteiger partial charge on any atom is 0.0738 e. The number of ether oxygens (including phenoxy) is 1. The Kier molecular flexibility index (Phi) is 2.82. The molecular formula is C11H21NO2. The van der Waals surface area contributed by atoms with Gasteiger partial charge in [-0.25, -0.2) is 0 Å². The fraction of sp³-hybridized carbons (Fsp3) is 1.00. The molecule has 14 heavy (non-hydrogen) atoms. The van der Waals surface area contributed by atoms with E-state index in [9.17, 15) is 5.11 Å². The minimum atomic E-state index is -0.545. The largest absolute Gasteiger partial charge is 0.389 e. The van der Waals surface area contributed by atoms with E-state index in [1.807, 2.05) is 0 Å². The van der Waals surface area contributed by atoms with Crippen molar-refractivity contribution in [3.8, 4) is 0 Å². The summed E-state index contributed by atoms with van der Waals surface area (Å²) in [6, 6.07) is 0. The van der Waals surface area contributed by atoms with E-state index < -0.39 is 5.60 Å².